The van der Waals surface area contributed by atoms with Crippen LogP contribution in [0, 0.1) is 0 Å². The average molecular weight is 339 g/mol. The highest BCUT2D eigenvalue weighted by atomic mass is 16.5. The molecule has 1 atom stereocenters. The van der Waals surface area contributed by atoms with Gasteiger partial charge in [0.25, 0.3) is 5.91 Å². The van der Waals surface area contributed by atoms with E-state index in [1.54, 1.807) is 0 Å². The van der Waals surface area contributed by atoms with E-state index in [9.17, 15) is 4.79 Å². The molecule has 0 saturated carbocycles. The van der Waals surface area contributed by atoms with Gasteiger partial charge in [0, 0.05) is 5.69 Å². The molecular weight excluding hydrogens is 310 g/mol. The Kier molecular flexibility index (Phi) is 7.52. The molecule has 25 heavy (non-hydrogen) atoms. The summed E-state index contributed by atoms with van der Waals surface area (Å²) in [5.74, 6) is 1.11. The van der Waals surface area contributed by atoms with Crippen molar-refractivity contribution in [3.8, 4) is 5.75 Å². The topological polar surface area (TPSA) is 38.3 Å². The molecule has 1 unspecified atom stereocenters. The van der Waals surface area contributed by atoms with Crippen LogP contribution in [0.3, 0.4) is 0 Å². The van der Waals surface area contributed by atoms with Crippen molar-refractivity contribution in [1.29, 1.82) is 0 Å². The summed E-state index contributed by atoms with van der Waals surface area (Å²) in [7, 11) is 0. The van der Waals surface area contributed by atoms with E-state index in [0.29, 0.717) is 5.92 Å². The number of carbonyl (C=O) groups is 1. The smallest absolute Gasteiger partial charge is 0.262 e. The largest absolute Gasteiger partial charge is 0.484 e. The summed E-state index contributed by atoms with van der Waals surface area (Å²) in [4.78, 5) is 12.0. The number of rotatable bonds is 9. The summed E-state index contributed by atoms with van der Waals surface area (Å²) >= 11 is 0. The van der Waals surface area contributed by atoms with Crippen LogP contribution in [0.2, 0.25) is 0 Å². The van der Waals surface area contributed by atoms with Gasteiger partial charge in [-0.05, 0) is 60.6 Å². The van der Waals surface area contributed by atoms with Gasteiger partial charge in [0.15, 0.2) is 6.61 Å². The SMILES string of the molecule is CCCCc1ccc(NC(=O)COc2ccc(C(C)CC)cc2)cc1. The number of unbranched alkanes of at least 4 members (excludes halogenated alkanes) is 1. The fourth-order valence-electron chi connectivity index (χ4n) is 2.61. The fourth-order valence-corrected chi connectivity index (χ4v) is 2.61. The lowest BCUT2D eigenvalue weighted by Gasteiger charge is -2.11. The molecule has 0 bridgehead atoms. The molecule has 0 aliphatic rings. The molecule has 0 spiro atoms. The zero-order valence-electron chi connectivity index (χ0n) is 15.5. The van der Waals surface area contributed by atoms with E-state index >= 15 is 0 Å². The molecule has 0 aliphatic carbocycles. The third-order valence-corrected chi connectivity index (χ3v) is 4.49. The Morgan fingerprint density at radius 1 is 1.04 bits per heavy atom. The summed E-state index contributed by atoms with van der Waals surface area (Å²) in [5.41, 5.74) is 3.40. The van der Waals surface area contributed by atoms with Crippen LogP contribution in [0.5, 0.6) is 5.75 Å². The first-order valence-corrected chi connectivity index (χ1v) is 9.24. The van der Waals surface area contributed by atoms with E-state index in [1.165, 1.54) is 24.0 Å². The van der Waals surface area contributed by atoms with Crippen LogP contribution in [0.4, 0.5) is 5.69 Å². The molecule has 0 aliphatic heterocycles. The predicted molar refractivity (Wildman–Crippen MR) is 104 cm³/mol. The Hall–Kier alpha value is -2.29. The van der Waals surface area contributed by atoms with Gasteiger partial charge in [-0.15, -0.1) is 0 Å². The van der Waals surface area contributed by atoms with E-state index in [0.717, 1.165) is 24.3 Å². The van der Waals surface area contributed by atoms with Crippen molar-refractivity contribution in [2.45, 2.75) is 52.4 Å². The van der Waals surface area contributed by atoms with E-state index < -0.39 is 0 Å². The van der Waals surface area contributed by atoms with Crippen LogP contribution in [0.25, 0.3) is 0 Å². The molecule has 0 aromatic heterocycles. The van der Waals surface area contributed by atoms with Crippen LogP contribution in [0.15, 0.2) is 48.5 Å². The predicted octanol–water partition coefficient (Wildman–Crippen LogP) is 5.56. The zero-order chi connectivity index (χ0) is 18.1. The summed E-state index contributed by atoms with van der Waals surface area (Å²) in [6.07, 6.45) is 4.57. The van der Waals surface area contributed by atoms with Crippen molar-refractivity contribution in [2.24, 2.45) is 0 Å². The number of hydrogen-bond donors (Lipinski definition) is 1. The van der Waals surface area contributed by atoms with E-state index in [1.807, 2.05) is 24.3 Å². The molecule has 2 rings (SSSR count). The van der Waals surface area contributed by atoms with Crippen molar-refractivity contribution in [2.75, 3.05) is 11.9 Å². The number of anilines is 1. The normalized spacial score (nSPS) is 11.8. The highest BCUT2D eigenvalue weighted by Gasteiger charge is 2.06. The molecule has 0 radical (unpaired) electrons. The van der Waals surface area contributed by atoms with Gasteiger partial charge in [0.2, 0.25) is 0 Å². The molecular formula is C22H29NO2. The summed E-state index contributed by atoms with van der Waals surface area (Å²) < 4.78 is 5.57. The lowest BCUT2D eigenvalue weighted by atomic mass is 9.99. The average Bonchev–Trinajstić information content (AvgIpc) is 2.65. The van der Waals surface area contributed by atoms with Crippen molar-refractivity contribution in [3.63, 3.8) is 0 Å². The van der Waals surface area contributed by atoms with Gasteiger partial charge in [-0.25, -0.2) is 0 Å². The maximum absolute atomic E-state index is 12.0. The minimum absolute atomic E-state index is 0.0142. The fraction of sp³-hybridized carbons (Fsp3) is 0.409. The lowest BCUT2D eigenvalue weighted by molar-refractivity contribution is -0.118. The maximum Gasteiger partial charge on any atom is 0.262 e. The Morgan fingerprint density at radius 3 is 2.32 bits per heavy atom. The maximum atomic E-state index is 12.0. The van der Waals surface area contributed by atoms with Crippen LogP contribution >= 0.6 is 0 Å². The second-order valence-electron chi connectivity index (χ2n) is 6.52. The quantitative estimate of drug-likeness (QED) is 0.649. The Bertz CT molecular complexity index is 647. The van der Waals surface area contributed by atoms with Crippen molar-refractivity contribution >= 4 is 11.6 Å². The van der Waals surface area contributed by atoms with E-state index in [-0.39, 0.29) is 12.5 Å². The molecule has 3 nitrogen and oxygen atoms in total. The molecule has 0 fully saturated rings. The van der Waals surface area contributed by atoms with E-state index in [4.69, 9.17) is 4.74 Å². The molecule has 1 amide bonds. The van der Waals surface area contributed by atoms with Crippen molar-refractivity contribution < 1.29 is 9.53 Å². The second kappa shape index (κ2) is 9.87. The summed E-state index contributed by atoms with van der Waals surface area (Å²) in [6, 6.07) is 16.0. The van der Waals surface area contributed by atoms with Gasteiger partial charge in [-0.3, -0.25) is 4.79 Å². The Labute approximate surface area is 151 Å². The highest BCUT2D eigenvalue weighted by Crippen LogP contribution is 2.21. The molecule has 0 saturated heterocycles. The summed E-state index contributed by atoms with van der Waals surface area (Å²) in [6.45, 7) is 6.58. The van der Waals surface area contributed by atoms with Crippen molar-refractivity contribution in [1.82, 2.24) is 0 Å². The first-order valence-electron chi connectivity index (χ1n) is 9.24. The van der Waals surface area contributed by atoms with Crippen molar-refractivity contribution in [3.05, 3.63) is 59.7 Å². The Balaban J connectivity index is 1.80. The molecule has 0 heterocycles. The monoisotopic (exact) mass is 339 g/mol. The third-order valence-electron chi connectivity index (χ3n) is 4.49. The highest BCUT2D eigenvalue weighted by molar-refractivity contribution is 5.91. The minimum atomic E-state index is -0.146. The molecule has 3 heteroatoms. The van der Waals surface area contributed by atoms with Gasteiger partial charge in [0.05, 0.1) is 0 Å². The number of ether oxygens (including phenoxy) is 1. The summed E-state index contributed by atoms with van der Waals surface area (Å²) in [5, 5.41) is 2.87. The van der Waals surface area contributed by atoms with Gasteiger partial charge in [-0.1, -0.05) is 51.5 Å². The second-order valence-corrected chi connectivity index (χ2v) is 6.52. The standard InChI is InChI=1S/C22H29NO2/c1-4-6-7-18-8-12-20(13-9-18)23-22(24)16-25-21-14-10-19(11-15-21)17(3)5-2/h8-15,17H,4-7,16H2,1-3H3,(H,23,24). The number of hydrogen-bond acceptors (Lipinski definition) is 2. The molecule has 1 N–H and O–H groups in total. The lowest BCUT2D eigenvalue weighted by Crippen LogP contribution is -2.20. The number of amides is 1. The first-order chi connectivity index (χ1) is 12.1. The van der Waals surface area contributed by atoms with Crippen LogP contribution in [-0.4, -0.2) is 12.5 Å². The van der Waals surface area contributed by atoms with Crippen LogP contribution < -0.4 is 10.1 Å². The van der Waals surface area contributed by atoms with Gasteiger partial charge in [-0.2, -0.15) is 0 Å². The third kappa shape index (κ3) is 6.26. The molecule has 134 valence electrons. The zero-order valence-corrected chi connectivity index (χ0v) is 15.5. The van der Waals surface area contributed by atoms with Gasteiger partial charge >= 0.3 is 0 Å². The first kappa shape index (κ1) is 19.0. The number of benzene rings is 2. The van der Waals surface area contributed by atoms with Gasteiger partial charge < -0.3 is 10.1 Å². The molecule has 2 aromatic rings. The molecule has 2 aromatic carbocycles. The van der Waals surface area contributed by atoms with Crippen LogP contribution in [-0.2, 0) is 11.2 Å². The number of carbonyl (C=O) groups excluding carboxylic acids is 1. The van der Waals surface area contributed by atoms with Crippen LogP contribution in [0.1, 0.15) is 57.1 Å². The Morgan fingerprint density at radius 2 is 1.72 bits per heavy atom. The number of nitrogens with one attached hydrogen (secondary N) is 1. The van der Waals surface area contributed by atoms with E-state index in [2.05, 4.69) is 50.4 Å². The minimum Gasteiger partial charge on any atom is -0.484 e. The van der Waals surface area contributed by atoms with Gasteiger partial charge in [0.1, 0.15) is 5.75 Å². The number of aryl methyl sites for hydroxylation is 1.